The quantitative estimate of drug-likeness (QED) is 0.695. The molecule has 5 aliphatic rings. The van der Waals surface area contributed by atoms with Crippen LogP contribution in [-0.2, 0) is 4.74 Å². The molecule has 0 N–H and O–H groups in total. The molecule has 0 radical (unpaired) electrons. The summed E-state index contributed by atoms with van der Waals surface area (Å²) in [5, 5.41) is 0. The van der Waals surface area contributed by atoms with Gasteiger partial charge >= 0.3 is 0 Å². The van der Waals surface area contributed by atoms with Crippen LogP contribution in [0.15, 0.2) is 0 Å². The fraction of sp³-hybridized carbons (Fsp3) is 1.00. The molecule has 1 nitrogen and oxygen atoms in total. The summed E-state index contributed by atoms with van der Waals surface area (Å²) < 4.78 is 6.33. The van der Waals surface area contributed by atoms with Gasteiger partial charge in [0.15, 0.2) is 0 Å². The molecule has 0 spiro atoms. The van der Waals surface area contributed by atoms with Gasteiger partial charge in [-0.2, -0.15) is 0 Å². The molecule has 0 heterocycles. The van der Waals surface area contributed by atoms with E-state index in [0.29, 0.717) is 12.0 Å². The lowest BCUT2D eigenvalue weighted by Crippen LogP contribution is -2.41. The van der Waals surface area contributed by atoms with E-state index in [1.807, 2.05) is 0 Å². The Morgan fingerprint density at radius 1 is 0.850 bits per heavy atom. The summed E-state index contributed by atoms with van der Waals surface area (Å²) in [5.41, 5.74) is 0. The van der Waals surface area contributed by atoms with Crippen molar-refractivity contribution in [1.29, 1.82) is 0 Å². The molecule has 0 amide bonds. The molecule has 0 saturated heterocycles. The van der Waals surface area contributed by atoms with Crippen LogP contribution >= 0.6 is 0 Å². The fourth-order valence-electron chi connectivity index (χ4n) is 7.76. The third-order valence-corrected chi connectivity index (χ3v) is 7.97. The van der Waals surface area contributed by atoms with Crippen LogP contribution in [-0.4, -0.2) is 12.7 Å². The Morgan fingerprint density at radius 3 is 2.35 bits per heavy atom. The monoisotopic (exact) mass is 274 g/mol. The third kappa shape index (κ3) is 1.49. The van der Waals surface area contributed by atoms with Crippen LogP contribution in [0.2, 0.25) is 0 Å². The van der Waals surface area contributed by atoms with E-state index in [1.54, 1.807) is 25.7 Å². The van der Waals surface area contributed by atoms with Gasteiger partial charge in [-0.1, -0.05) is 20.3 Å². The van der Waals surface area contributed by atoms with Crippen molar-refractivity contribution in [2.24, 2.45) is 53.3 Å². The van der Waals surface area contributed by atoms with Crippen LogP contribution in [0.3, 0.4) is 0 Å². The smallest absolute Gasteiger partial charge is 0.0609 e. The predicted molar refractivity (Wildman–Crippen MR) is 80.2 cm³/mol. The van der Waals surface area contributed by atoms with E-state index in [0.717, 1.165) is 54.0 Å². The molecule has 20 heavy (non-hydrogen) atoms. The molecule has 4 bridgehead atoms. The van der Waals surface area contributed by atoms with Gasteiger partial charge in [0.2, 0.25) is 0 Å². The van der Waals surface area contributed by atoms with Gasteiger partial charge in [0.1, 0.15) is 0 Å². The summed E-state index contributed by atoms with van der Waals surface area (Å²) in [4.78, 5) is 0. The van der Waals surface area contributed by atoms with Gasteiger partial charge in [0.05, 0.1) is 6.10 Å². The van der Waals surface area contributed by atoms with Gasteiger partial charge in [0.25, 0.3) is 0 Å². The molecule has 0 aliphatic heterocycles. The van der Waals surface area contributed by atoms with Crippen LogP contribution in [0.25, 0.3) is 0 Å². The summed E-state index contributed by atoms with van der Waals surface area (Å²) in [6.07, 6.45) is 9.91. The van der Waals surface area contributed by atoms with Gasteiger partial charge in [-0.3, -0.25) is 0 Å². The summed E-state index contributed by atoms with van der Waals surface area (Å²) in [6, 6.07) is 0. The second-order valence-electron chi connectivity index (χ2n) is 9.14. The van der Waals surface area contributed by atoms with Crippen LogP contribution in [0.5, 0.6) is 0 Å². The highest BCUT2D eigenvalue weighted by atomic mass is 16.5. The molecule has 1 heteroatoms. The van der Waals surface area contributed by atoms with Gasteiger partial charge in [-0.25, -0.2) is 0 Å². The number of ether oxygens (including phenoxy) is 1. The zero-order valence-corrected chi connectivity index (χ0v) is 13.1. The first-order chi connectivity index (χ1) is 9.74. The molecule has 9 unspecified atom stereocenters. The van der Waals surface area contributed by atoms with Gasteiger partial charge in [-0.15, -0.1) is 0 Å². The molecule has 9 atom stereocenters. The van der Waals surface area contributed by atoms with E-state index >= 15 is 0 Å². The van der Waals surface area contributed by atoms with E-state index < -0.39 is 0 Å². The summed E-state index contributed by atoms with van der Waals surface area (Å²) in [6.45, 7) is 5.57. The Balaban J connectivity index is 1.36. The average Bonchev–Trinajstić information content (AvgIpc) is 3.15. The van der Waals surface area contributed by atoms with Gasteiger partial charge < -0.3 is 4.74 Å². The van der Waals surface area contributed by atoms with Gasteiger partial charge in [0, 0.05) is 6.61 Å². The minimum atomic E-state index is 0.642. The lowest BCUT2D eigenvalue weighted by atomic mass is 9.64. The second-order valence-corrected chi connectivity index (χ2v) is 9.14. The van der Waals surface area contributed by atoms with Crippen molar-refractivity contribution in [2.45, 2.75) is 58.5 Å². The summed E-state index contributed by atoms with van der Waals surface area (Å²) >= 11 is 0. The maximum Gasteiger partial charge on any atom is 0.0609 e. The Bertz CT molecular complexity index is 403. The van der Waals surface area contributed by atoms with Crippen molar-refractivity contribution in [1.82, 2.24) is 0 Å². The van der Waals surface area contributed by atoms with Crippen molar-refractivity contribution in [3.05, 3.63) is 0 Å². The van der Waals surface area contributed by atoms with Crippen LogP contribution in [0.1, 0.15) is 52.4 Å². The normalized spacial score (nSPS) is 58.6. The Kier molecular flexibility index (Phi) is 2.65. The molecular formula is C19H30O. The number of hydrogen-bond donors (Lipinski definition) is 0. The van der Waals surface area contributed by atoms with Crippen LogP contribution in [0.4, 0.5) is 0 Å². The standard InChI is InChI=1S/C19H30O/c1-10(2)9-20-17-7-11-6-16(17)19-15-8-14(18(11)19)12-4-3-5-13(12)15/h10-19H,3-9H2,1-2H3. The first-order valence-electron chi connectivity index (χ1n) is 9.35. The topological polar surface area (TPSA) is 9.23 Å². The first-order valence-corrected chi connectivity index (χ1v) is 9.35. The SMILES string of the molecule is CC(C)COC1CC2CC1C1C3CC(C4CCCC43)C21. The second kappa shape index (κ2) is 4.24. The van der Waals surface area contributed by atoms with Crippen LogP contribution < -0.4 is 0 Å². The van der Waals surface area contributed by atoms with Gasteiger partial charge in [-0.05, 0) is 85.4 Å². The molecule has 112 valence electrons. The van der Waals surface area contributed by atoms with Crippen molar-refractivity contribution in [3.63, 3.8) is 0 Å². The highest BCUT2D eigenvalue weighted by Crippen LogP contribution is 2.72. The molecule has 0 aromatic carbocycles. The molecular weight excluding hydrogens is 244 g/mol. The summed E-state index contributed by atoms with van der Waals surface area (Å²) in [5.74, 6) is 9.53. The molecule has 0 aromatic heterocycles. The predicted octanol–water partition coefficient (Wildman–Crippen LogP) is 4.37. The minimum absolute atomic E-state index is 0.642. The van der Waals surface area contributed by atoms with Crippen molar-refractivity contribution in [3.8, 4) is 0 Å². The minimum Gasteiger partial charge on any atom is -0.378 e. The zero-order chi connectivity index (χ0) is 13.4. The number of rotatable bonds is 3. The van der Waals surface area contributed by atoms with E-state index in [9.17, 15) is 0 Å². The number of fused-ring (bicyclic) bond motifs is 12. The fourth-order valence-corrected chi connectivity index (χ4v) is 7.76. The summed E-state index contributed by atoms with van der Waals surface area (Å²) in [7, 11) is 0. The van der Waals surface area contributed by atoms with E-state index in [-0.39, 0.29) is 0 Å². The molecule has 5 aliphatic carbocycles. The lowest BCUT2D eigenvalue weighted by Gasteiger charge is -2.43. The van der Waals surface area contributed by atoms with E-state index in [2.05, 4.69) is 13.8 Å². The van der Waals surface area contributed by atoms with Crippen molar-refractivity contribution in [2.75, 3.05) is 6.61 Å². The highest BCUT2D eigenvalue weighted by molar-refractivity contribution is 5.16. The number of hydrogen-bond acceptors (Lipinski definition) is 1. The molecule has 5 fully saturated rings. The largest absolute Gasteiger partial charge is 0.378 e. The van der Waals surface area contributed by atoms with E-state index in [1.165, 1.54) is 12.8 Å². The maximum absolute atomic E-state index is 6.33. The third-order valence-electron chi connectivity index (χ3n) is 7.97. The Hall–Kier alpha value is -0.0400. The van der Waals surface area contributed by atoms with E-state index in [4.69, 9.17) is 4.74 Å². The van der Waals surface area contributed by atoms with Crippen LogP contribution in [0, 0.1) is 53.3 Å². The first kappa shape index (κ1) is 12.5. The zero-order valence-electron chi connectivity index (χ0n) is 13.1. The average molecular weight is 274 g/mol. The molecule has 5 saturated carbocycles. The van der Waals surface area contributed by atoms with Crippen molar-refractivity contribution < 1.29 is 4.74 Å². The lowest BCUT2D eigenvalue weighted by molar-refractivity contribution is -0.0504. The molecule has 5 rings (SSSR count). The highest BCUT2D eigenvalue weighted by Gasteiger charge is 2.67. The maximum atomic E-state index is 6.33. The Labute approximate surface area is 123 Å². The van der Waals surface area contributed by atoms with Crippen molar-refractivity contribution >= 4 is 0 Å². The Morgan fingerprint density at radius 2 is 1.60 bits per heavy atom. The molecule has 0 aromatic rings.